The summed E-state index contributed by atoms with van der Waals surface area (Å²) >= 11 is 0. The van der Waals surface area contributed by atoms with E-state index in [4.69, 9.17) is 15.0 Å². The maximum absolute atomic E-state index is 12.3. The number of fused-ring (bicyclic) bond motifs is 1. The normalized spacial score (nSPS) is 21.9. The molecule has 2 aromatic heterocycles. The van der Waals surface area contributed by atoms with Gasteiger partial charge in [-0.25, -0.2) is 15.0 Å². The van der Waals surface area contributed by atoms with Gasteiger partial charge in [-0.15, -0.1) is 0 Å². The van der Waals surface area contributed by atoms with Crippen molar-refractivity contribution in [3.8, 4) is 0 Å². The summed E-state index contributed by atoms with van der Waals surface area (Å²) in [4.78, 5) is 22.3. The third-order valence-corrected chi connectivity index (χ3v) is 5.41. The molecule has 1 aliphatic rings. The number of nitrogen functional groups attached to an aromatic ring is 1. The molecule has 0 bridgehead atoms. The van der Waals surface area contributed by atoms with Crippen LogP contribution in [0.15, 0.2) is 55.1 Å². The zero-order valence-corrected chi connectivity index (χ0v) is 14.4. The van der Waals surface area contributed by atoms with Gasteiger partial charge in [0.25, 0.3) is 0 Å². The highest BCUT2D eigenvalue weighted by molar-refractivity contribution is 7.61. The zero-order valence-electron chi connectivity index (χ0n) is 13.5. The highest BCUT2D eigenvalue weighted by atomic mass is 31.2. The van der Waals surface area contributed by atoms with Crippen LogP contribution in [0.2, 0.25) is 0 Å². The second-order valence-corrected chi connectivity index (χ2v) is 7.50. The average molecular weight is 373 g/mol. The number of aromatic nitrogens is 4. The molecule has 0 saturated heterocycles. The Morgan fingerprint density at radius 1 is 1.23 bits per heavy atom. The minimum atomic E-state index is -3.89. The van der Waals surface area contributed by atoms with Crippen molar-refractivity contribution in [1.82, 2.24) is 19.5 Å². The summed E-state index contributed by atoms with van der Waals surface area (Å²) in [7, 11) is -3.89. The number of rotatable bonds is 5. The quantitative estimate of drug-likeness (QED) is 0.508. The monoisotopic (exact) mass is 373 g/mol. The summed E-state index contributed by atoms with van der Waals surface area (Å²) in [6, 6.07) is 8.23. The number of ether oxygens (including phenoxy) is 1. The van der Waals surface area contributed by atoms with Crippen molar-refractivity contribution in [3.63, 3.8) is 0 Å². The number of imidazole rings is 1. The van der Waals surface area contributed by atoms with Crippen LogP contribution >= 0.6 is 7.60 Å². The first-order valence-corrected chi connectivity index (χ1v) is 9.42. The Morgan fingerprint density at radius 2 is 2.04 bits per heavy atom. The molecule has 3 N–H and O–H groups in total. The van der Waals surface area contributed by atoms with Gasteiger partial charge in [0.05, 0.1) is 18.2 Å². The van der Waals surface area contributed by atoms with E-state index in [0.717, 1.165) is 0 Å². The molecule has 26 heavy (non-hydrogen) atoms. The molecule has 0 aliphatic carbocycles. The minimum Gasteiger partial charge on any atom is -0.382 e. The second kappa shape index (κ2) is 6.62. The molecule has 3 heterocycles. The van der Waals surface area contributed by atoms with Crippen molar-refractivity contribution in [1.29, 1.82) is 0 Å². The third-order valence-electron chi connectivity index (χ3n) is 3.96. The van der Waals surface area contributed by atoms with Crippen molar-refractivity contribution in [3.05, 3.63) is 55.1 Å². The molecule has 3 atom stereocenters. The molecule has 0 fully saturated rings. The van der Waals surface area contributed by atoms with Gasteiger partial charge >= 0.3 is 7.60 Å². The van der Waals surface area contributed by atoms with Gasteiger partial charge in [-0.1, -0.05) is 24.3 Å². The van der Waals surface area contributed by atoms with Gasteiger partial charge in [0.2, 0.25) is 0 Å². The molecular formula is C16H16N5O4P. The highest BCUT2D eigenvalue weighted by Gasteiger charge is 2.28. The van der Waals surface area contributed by atoms with Crippen LogP contribution in [0, 0.1) is 0 Å². The van der Waals surface area contributed by atoms with Crippen LogP contribution in [0.5, 0.6) is 0 Å². The summed E-state index contributed by atoms with van der Waals surface area (Å²) in [5.74, 6) is 0.291. The lowest BCUT2D eigenvalue weighted by Crippen LogP contribution is -2.18. The lowest BCUT2D eigenvalue weighted by atomic mass is 10.4. The number of nitrogens with two attached hydrogens (primary N) is 1. The second-order valence-electron chi connectivity index (χ2n) is 5.68. The molecule has 1 unspecified atom stereocenters. The molecule has 3 aromatic rings. The van der Waals surface area contributed by atoms with Crippen molar-refractivity contribution < 1.29 is 18.7 Å². The molecule has 0 spiro atoms. The smallest absolute Gasteiger partial charge is 0.358 e. The summed E-state index contributed by atoms with van der Waals surface area (Å²) in [5, 5.41) is 0.242. The number of hydrogen-bond donors (Lipinski definition) is 2. The van der Waals surface area contributed by atoms with E-state index in [9.17, 15) is 9.46 Å². The Hall–Kier alpha value is -2.58. The fourth-order valence-electron chi connectivity index (χ4n) is 2.66. The van der Waals surface area contributed by atoms with Crippen molar-refractivity contribution >= 4 is 29.9 Å². The van der Waals surface area contributed by atoms with E-state index >= 15 is 0 Å². The fourth-order valence-corrected chi connectivity index (χ4v) is 3.71. The lowest BCUT2D eigenvalue weighted by molar-refractivity contribution is -0.00255. The zero-order chi connectivity index (χ0) is 18.1. The van der Waals surface area contributed by atoms with Crippen LogP contribution in [-0.4, -0.2) is 37.1 Å². The molecule has 1 aliphatic heterocycles. The van der Waals surface area contributed by atoms with E-state index in [-0.39, 0.29) is 11.9 Å². The topological polar surface area (TPSA) is 125 Å². The van der Waals surface area contributed by atoms with Crippen LogP contribution in [0.25, 0.3) is 11.2 Å². The van der Waals surface area contributed by atoms with Gasteiger partial charge in [0.1, 0.15) is 17.9 Å². The van der Waals surface area contributed by atoms with Gasteiger partial charge < -0.3 is 19.9 Å². The molecule has 134 valence electrons. The summed E-state index contributed by atoms with van der Waals surface area (Å²) in [6.45, 7) is -0.0561. The Balaban J connectivity index is 1.44. The van der Waals surface area contributed by atoms with Crippen LogP contribution in [0.4, 0.5) is 5.82 Å². The van der Waals surface area contributed by atoms with Crippen molar-refractivity contribution in [2.24, 2.45) is 0 Å². The number of nitrogens with zero attached hydrogens (tertiary/aromatic N) is 4. The first kappa shape index (κ1) is 16.9. The maximum Gasteiger partial charge on any atom is 0.358 e. The van der Waals surface area contributed by atoms with Gasteiger partial charge in [-0.2, -0.15) is 0 Å². The standard InChI is InChI=1S/C16H16N5O4P/c17-15-14-16(19-9-18-15)21(10-20-14)13-7-6-11(25-13)8-24-26(22,23)12-4-2-1-3-5-12/h1-7,9-11,13H,8H2,(H,22,23)(H2,17,18,19)/t11-,13+/m0/s1. The van der Waals surface area contributed by atoms with Crippen LogP contribution in [-0.2, 0) is 13.8 Å². The van der Waals surface area contributed by atoms with Gasteiger partial charge in [0, 0.05) is 0 Å². The molecule has 9 nitrogen and oxygen atoms in total. The molecular weight excluding hydrogens is 357 g/mol. The first-order valence-electron chi connectivity index (χ1n) is 7.84. The fraction of sp³-hybridized carbons (Fsp3) is 0.188. The van der Waals surface area contributed by atoms with Gasteiger partial charge in [-0.3, -0.25) is 9.13 Å². The molecule has 1 aromatic carbocycles. The molecule has 0 saturated carbocycles. The average Bonchev–Trinajstić information content (AvgIpc) is 3.28. The van der Waals surface area contributed by atoms with Crippen LogP contribution < -0.4 is 11.0 Å². The Morgan fingerprint density at radius 3 is 2.85 bits per heavy atom. The molecule has 10 heteroatoms. The van der Waals surface area contributed by atoms with E-state index in [0.29, 0.717) is 17.0 Å². The number of anilines is 1. The van der Waals surface area contributed by atoms with E-state index in [1.165, 1.54) is 6.33 Å². The number of benzene rings is 1. The Labute approximate surface area is 148 Å². The summed E-state index contributed by atoms with van der Waals surface area (Å²) in [5.41, 5.74) is 6.82. The Bertz CT molecular complexity index is 1010. The van der Waals surface area contributed by atoms with Crippen molar-refractivity contribution in [2.75, 3.05) is 12.3 Å². The molecule has 0 amide bonds. The Kier molecular flexibility index (Phi) is 4.29. The maximum atomic E-state index is 12.3. The van der Waals surface area contributed by atoms with E-state index in [2.05, 4.69) is 15.0 Å². The van der Waals surface area contributed by atoms with Crippen LogP contribution in [0.1, 0.15) is 6.23 Å². The molecule has 0 radical (unpaired) electrons. The number of hydrogen-bond acceptors (Lipinski definition) is 7. The highest BCUT2D eigenvalue weighted by Crippen LogP contribution is 2.41. The first-order chi connectivity index (χ1) is 12.5. The minimum absolute atomic E-state index is 0.0561. The summed E-state index contributed by atoms with van der Waals surface area (Å²) in [6.07, 6.45) is 5.56. The SMILES string of the molecule is Nc1ncnc2c1ncn2[C@H]1C=C[C@@H](COP(=O)(O)c2ccccc2)O1. The predicted molar refractivity (Wildman–Crippen MR) is 94.6 cm³/mol. The predicted octanol–water partition coefficient (Wildman–Crippen LogP) is 1.39. The van der Waals surface area contributed by atoms with Gasteiger partial charge in [0.15, 0.2) is 17.7 Å². The third kappa shape index (κ3) is 3.13. The van der Waals surface area contributed by atoms with Crippen LogP contribution in [0.3, 0.4) is 0 Å². The summed E-state index contributed by atoms with van der Waals surface area (Å²) < 4.78 is 25.1. The molecule has 4 rings (SSSR count). The van der Waals surface area contributed by atoms with E-state index in [1.54, 1.807) is 53.4 Å². The van der Waals surface area contributed by atoms with Crippen molar-refractivity contribution in [2.45, 2.75) is 12.3 Å². The van der Waals surface area contributed by atoms with Gasteiger partial charge in [-0.05, 0) is 18.2 Å². The van der Waals surface area contributed by atoms with E-state index in [1.807, 2.05) is 0 Å². The van der Waals surface area contributed by atoms with E-state index < -0.39 is 19.9 Å². The lowest BCUT2D eigenvalue weighted by Gasteiger charge is -2.17. The largest absolute Gasteiger partial charge is 0.382 e.